The van der Waals surface area contributed by atoms with Gasteiger partial charge < -0.3 is 5.32 Å². The van der Waals surface area contributed by atoms with E-state index in [4.69, 9.17) is 0 Å². The van der Waals surface area contributed by atoms with Gasteiger partial charge in [-0.05, 0) is 49.2 Å². The van der Waals surface area contributed by atoms with Crippen LogP contribution in [0, 0.1) is 0 Å². The Morgan fingerprint density at radius 2 is 2.03 bits per heavy atom. The molecule has 0 aliphatic heterocycles. The third-order valence-electron chi connectivity index (χ3n) is 4.99. The topological polar surface area (TPSA) is 88.5 Å². The summed E-state index contributed by atoms with van der Waals surface area (Å²) in [4.78, 5) is 16.3. The Morgan fingerprint density at radius 1 is 1.19 bits per heavy atom. The highest BCUT2D eigenvalue weighted by molar-refractivity contribution is 5.95. The molecule has 0 spiro atoms. The molecule has 2 N–H and O–H groups in total. The van der Waals surface area contributed by atoms with Crippen LogP contribution in [-0.2, 0) is 6.42 Å². The summed E-state index contributed by atoms with van der Waals surface area (Å²) in [6, 6.07) is 12.8. The number of amides is 1. The fourth-order valence-electron chi connectivity index (χ4n) is 3.35. The molecule has 0 radical (unpaired) electrons. The number of carbonyl (C=O) groups excluding carboxylic acids is 1. The van der Waals surface area contributed by atoms with Gasteiger partial charge in [0.05, 0.1) is 17.4 Å². The highest BCUT2D eigenvalue weighted by atomic mass is 19.4. The van der Waals surface area contributed by atoms with E-state index in [0.29, 0.717) is 11.1 Å². The number of hydrogen-bond donors (Lipinski definition) is 2. The number of rotatable bonds is 5. The maximum atomic E-state index is 12.5. The molecule has 4 aromatic rings. The summed E-state index contributed by atoms with van der Waals surface area (Å²) in [5.41, 5.74) is 2.66. The van der Waals surface area contributed by atoms with Crippen molar-refractivity contribution in [3.63, 3.8) is 0 Å². The van der Waals surface area contributed by atoms with Crippen molar-refractivity contribution in [2.45, 2.75) is 31.5 Å². The smallest absolute Gasteiger partial charge is 0.349 e. The van der Waals surface area contributed by atoms with Crippen LogP contribution in [0.5, 0.6) is 0 Å². The van der Waals surface area contributed by atoms with Gasteiger partial charge in [-0.1, -0.05) is 6.07 Å². The molecule has 0 unspecified atom stereocenters. The number of aromatic amines is 1. The first-order chi connectivity index (χ1) is 14.9. The van der Waals surface area contributed by atoms with Gasteiger partial charge in [-0.25, -0.2) is 9.67 Å². The summed E-state index contributed by atoms with van der Waals surface area (Å²) in [7, 11) is 0. The molecule has 7 nitrogen and oxygen atoms in total. The minimum Gasteiger partial charge on any atom is -0.349 e. The molecular weight excluding hydrogens is 409 g/mol. The third kappa shape index (κ3) is 4.14. The van der Waals surface area contributed by atoms with E-state index in [9.17, 15) is 18.0 Å². The Hall–Kier alpha value is -3.69. The summed E-state index contributed by atoms with van der Waals surface area (Å²) < 4.78 is 39.3. The van der Waals surface area contributed by atoms with Crippen molar-refractivity contribution in [3.8, 4) is 17.1 Å². The lowest BCUT2D eigenvalue weighted by Gasteiger charge is -2.07. The van der Waals surface area contributed by atoms with Crippen LogP contribution in [0.1, 0.15) is 29.0 Å². The number of fused-ring (bicyclic) bond motifs is 1. The normalized spacial score (nSPS) is 14.2. The molecule has 1 aliphatic rings. The van der Waals surface area contributed by atoms with E-state index in [0.717, 1.165) is 29.4 Å². The first-order valence-corrected chi connectivity index (χ1v) is 9.73. The summed E-state index contributed by atoms with van der Waals surface area (Å²) in [6.45, 7) is 0. The van der Waals surface area contributed by atoms with Gasteiger partial charge in [-0.3, -0.25) is 9.89 Å². The maximum absolute atomic E-state index is 12.5. The SMILES string of the molecule is O=C(NC1CC1)c1cccc(-n2ncc3cc(-c4n[nH]c(CC(F)(F)F)n4)ccc32)c1. The lowest BCUT2D eigenvalue weighted by atomic mass is 10.1. The van der Waals surface area contributed by atoms with Crippen LogP contribution in [-0.4, -0.2) is 43.1 Å². The highest BCUT2D eigenvalue weighted by Gasteiger charge is 2.29. The zero-order chi connectivity index (χ0) is 21.6. The molecule has 1 aliphatic carbocycles. The number of H-pyrrole nitrogens is 1. The van der Waals surface area contributed by atoms with Crippen molar-refractivity contribution < 1.29 is 18.0 Å². The molecular formula is C21H17F3N6O. The van der Waals surface area contributed by atoms with Gasteiger partial charge in [0, 0.05) is 22.6 Å². The second kappa shape index (κ2) is 7.22. The quantitative estimate of drug-likeness (QED) is 0.508. The van der Waals surface area contributed by atoms with Crippen molar-refractivity contribution in [3.05, 3.63) is 60.0 Å². The van der Waals surface area contributed by atoms with Gasteiger partial charge in [0.15, 0.2) is 5.82 Å². The Labute approximate surface area is 174 Å². The lowest BCUT2D eigenvalue weighted by Crippen LogP contribution is -2.25. The third-order valence-corrected chi connectivity index (χ3v) is 4.99. The highest BCUT2D eigenvalue weighted by Crippen LogP contribution is 2.26. The number of halogens is 3. The van der Waals surface area contributed by atoms with Crippen LogP contribution in [0.15, 0.2) is 48.7 Å². The monoisotopic (exact) mass is 426 g/mol. The second-order valence-corrected chi connectivity index (χ2v) is 7.53. The molecule has 1 amide bonds. The van der Waals surface area contributed by atoms with Gasteiger partial charge in [-0.15, -0.1) is 0 Å². The van der Waals surface area contributed by atoms with Crippen LogP contribution in [0.25, 0.3) is 28.0 Å². The zero-order valence-electron chi connectivity index (χ0n) is 16.1. The van der Waals surface area contributed by atoms with Gasteiger partial charge in [0.2, 0.25) is 0 Å². The average Bonchev–Trinajstić information content (AvgIpc) is 3.26. The lowest BCUT2D eigenvalue weighted by molar-refractivity contribution is -0.128. The van der Waals surface area contributed by atoms with E-state index in [1.54, 1.807) is 47.3 Å². The molecule has 1 fully saturated rings. The molecule has 158 valence electrons. The molecule has 10 heteroatoms. The molecule has 0 atom stereocenters. The van der Waals surface area contributed by atoms with Gasteiger partial charge in [0.1, 0.15) is 12.2 Å². The molecule has 1 saturated carbocycles. The minimum absolute atomic E-state index is 0.109. The molecule has 5 rings (SSSR count). The molecule has 0 saturated heterocycles. The average molecular weight is 426 g/mol. The van der Waals surface area contributed by atoms with Crippen LogP contribution in [0.4, 0.5) is 13.2 Å². The largest absolute Gasteiger partial charge is 0.396 e. The van der Waals surface area contributed by atoms with Crippen LogP contribution >= 0.6 is 0 Å². The van der Waals surface area contributed by atoms with E-state index >= 15 is 0 Å². The van der Waals surface area contributed by atoms with E-state index in [1.165, 1.54) is 0 Å². The summed E-state index contributed by atoms with van der Waals surface area (Å²) >= 11 is 0. The van der Waals surface area contributed by atoms with E-state index in [-0.39, 0.29) is 23.6 Å². The van der Waals surface area contributed by atoms with E-state index in [2.05, 4.69) is 25.6 Å². The van der Waals surface area contributed by atoms with Crippen molar-refractivity contribution in [2.24, 2.45) is 0 Å². The van der Waals surface area contributed by atoms with Crippen molar-refractivity contribution in [2.75, 3.05) is 0 Å². The summed E-state index contributed by atoms with van der Waals surface area (Å²) in [5, 5.41) is 14.4. The van der Waals surface area contributed by atoms with E-state index in [1.807, 2.05) is 6.07 Å². The fourth-order valence-corrected chi connectivity index (χ4v) is 3.35. The number of aromatic nitrogens is 5. The van der Waals surface area contributed by atoms with Crippen LogP contribution in [0.3, 0.4) is 0 Å². The van der Waals surface area contributed by atoms with Crippen molar-refractivity contribution >= 4 is 16.8 Å². The predicted molar refractivity (Wildman–Crippen MR) is 107 cm³/mol. The Kier molecular flexibility index (Phi) is 4.49. The Bertz CT molecular complexity index is 1270. The van der Waals surface area contributed by atoms with Crippen LogP contribution in [0.2, 0.25) is 0 Å². The maximum Gasteiger partial charge on any atom is 0.396 e. The Morgan fingerprint density at radius 3 is 2.81 bits per heavy atom. The molecule has 31 heavy (non-hydrogen) atoms. The minimum atomic E-state index is -4.36. The fraction of sp³-hybridized carbons (Fsp3) is 0.238. The molecule has 2 aromatic heterocycles. The van der Waals surface area contributed by atoms with Crippen molar-refractivity contribution in [1.29, 1.82) is 0 Å². The number of alkyl halides is 3. The number of benzene rings is 2. The number of carbonyl (C=O) groups is 1. The molecule has 0 bridgehead atoms. The number of nitrogens with one attached hydrogen (secondary N) is 2. The zero-order valence-corrected chi connectivity index (χ0v) is 16.1. The summed E-state index contributed by atoms with van der Waals surface area (Å²) in [5.74, 6) is -0.158. The van der Waals surface area contributed by atoms with Crippen LogP contribution < -0.4 is 5.32 Å². The van der Waals surface area contributed by atoms with E-state index < -0.39 is 12.6 Å². The Balaban J connectivity index is 1.43. The number of nitrogens with zero attached hydrogens (tertiary/aromatic N) is 4. The van der Waals surface area contributed by atoms with Gasteiger partial charge in [0.25, 0.3) is 5.91 Å². The second-order valence-electron chi connectivity index (χ2n) is 7.53. The number of hydrogen-bond acceptors (Lipinski definition) is 4. The molecule has 2 aromatic carbocycles. The predicted octanol–water partition coefficient (Wildman–Crippen LogP) is 3.81. The van der Waals surface area contributed by atoms with Gasteiger partial charge >= 0.3 is 6.18 Å². The standard InChI is InChI=1S/C21H17F3N6O/c22-21(23,24)10-18-27-19(29-28-18)12-4-7-17-14(8-12)11-25-30(17)16-3-1-2-13(9-16)20(31)26-15-5-6-15/h1-4,7-9,11,15H,5-6,10H2,(H,26,31)(H,27,28,29). The van der Waals surface area contributed by atoms with Crippen molar-refractivity contribution in [1.82, 2.24) is 30.3 Å². The first kappa shape index (κ1) is 19.3. The van der Waals surface area contributed by atoms with Gasteiger partial charge in [-0.2, -0.15) is 23.4 Å². The molecule has 2 heterocycles. The summed E-state index contributed by atoms with van der Waals surface area (Å²) in [6.07, 6.45) is -1.84. The first-order valence-electron chi connectivity index (χ1n) is 9.73.